The summed E-state index contributed by atoms with van der Waals surface area (Å²) in [4.78, 5) is 10.7. The van der Waals surface area contributed by atoms with Crippen LogP contribution in [0.5, 0.6) is 0 Å². The number of quaternary nitrogens is 1. The number of carbonyl (C=O) groups is 1. The van der Waals surface area contributed by atoms with Gasteiger partial charge in [0.25, 0.3) is 0 Å². The molecule has 0 aliphatic carbocycles. The van der Waals surface area contributed by atoms with E-state index in [4.69, 9.17) is 9.84 Å². The Bertz CT molecular complexity index is 256. The molecule has 0 aromatic heterocycles. The summed E-state index contributed by atoms with van der Waals surface area (Å²) in [6, 6.07) is 0. The first-order chi connectivity index (χ1) is 9.37. The summed E-state index contributed by atoms with van der Waals surface area (Å²) in [7, 11) is 3.59. The molecule has 120 valence electrons. The molecule has 5 nitrogen and oxygen atoms in total. The van der Waals surface area contributed by atoms with Crippen LogP contribution in [0.3, 0.4) is 0 Å². The number of ether oxygens (including phenoxy) is 1. The smallest absolute Gasteiger partial charge is 0.359 e. The van der Waals surface area contributed by atoms with Gasteiger partial charge >= 0.3 is 5.97 Å². The first-order valence-corrected chi connectivity index (χ1v) is 7.67. The van der Waals surface area contributed by atoms with Crippen molar-refractivity contribution in [1.29, 1.82) is 0 Å². The molecule has 0 saturated heterocycles. The number of nitrogens with zero attached hydrogens (tertiary/aromatic N) is 1. The topological polar surface area (TPSA) is 66.8 Å². The molecule has 0 fully saturated rings. The molecule has 0 spiro atoms. The number of hydrogen-bond donors (Lipinski definition) is 2. The van der Waals surface area contributed by atoms with E-state index in [1.807, 2.05) is 0 Å². The molecular formula is C15H32NO4+. The summed E-state index contributed by atoms with van der Waals surface area (Å²) in [5.74, 6) is -0.852. The van der Waals surface area contributed by atoms with Crippen LogP contribution >= 0.6 is 0 Å². The number of rotatable bonds is 13. The third kappa shape index (κ3) is 12.4. The monoisotopic (exact) mass is 290 g/mol. The number of aliphatic hydroxyl groups is 1. The maximum atomic E-state index is 10.7. The quantitative estimate of drug-likeness (QED) is 0.401. The van der Waals surface area contributed by atoms with Gasteiger partial charge in [-0.15, -0.1) is 0 Å². The van der Waals surface area contributed by atoms with Crippen molar-refractivity contribution in [2.24, 2.45) is 0 Å². The van der Waals surface area contributed by atoms with Crippen LogP contribution < -0.4 is 0 Å². The lowest BCUT2D eigenvalue weighted by Gasteiger charge is -2.29. The lowest BCUT2D eigenvalue weighted by molar-refractivity contribution is -0.886. The lowest BCUT2D eigenvalue weighted by atomic mass is 10.1. The normalized spacial score (nSPS) is 13.4. The van der Waals surface area contributed by atoms with Gasteiger partial charge in [-0.1, -0.05) is 39.0 Å². The Balaban J connectivity index is 3.53. The molecule has 0 aromatic rings. The molecule has 0 bridgehead atoms. The van der Waals surface area contributed by atoms with Gasteiger partial charge in [0.1, 0.15) is 12.6 Å². The third-order valence-corrected chi connectivity index (χ3v) is 3.22. The maximum Gasteiger partial charge on any atom is 0.359 e. The fraction of sp³-hybridized carbons (Fsp3) is 0.933. The second-order valence-corrected chi connectivity index (χ2v) is 6.17. The van der Waals surface area contributed by atoms with Gasteiger partial charge in [0.15, 0.2) is 6.54 Å². The van der Waals surface area contributed by atoms with Crippen molar-refractivity contribution in [3.05, 3.63) is 0 Å². The van der Waals surface area contributed by atoms with E-state index >= 15 is 0 Å². The predicted octanol–water partition coefficient (Wildman–Crippen LogP) is 1.89. The second kappa shape index (κ2) is 11.1. The lowest BCUT2D eigenvalue weighted by Crippen LogP contribution is -2.49. The third-order valence-electron chi connectivity index (χ3n) is 3.22. The van der Waals surface area contributed by atoms with E-state index in [0.717, 1.165) is 6.42 Å². The number of carboxylic acids is 1. The van der Waals surface area contributed by atoms with Crippen molar-refractivity contribution < 1.29 is 24.2 Å². The second-order valence-electron chi connectivity index (χ2n) is 6.17. The van der Waals surface area contributed by atoms with Crippen LogP contribution in [0.25, 0.3) is 0 Å². The minimum Gasteiger partial charge on any atom is -0.477 e. The molecule has 0 aliphatic rings. The average molecular weight is 290 g/mol. The van der Waals surface area contributed by atoms with Crippen molar-refractivity contribution in [3.63, 3.8) is 0 Å². The Kier molecular flexibility index (Phi) is 10.7. The number of carboxylic acid groups (broad SMARTS) is 1. The number of unbranched alkanes of at least 4 members (excludes halogenated alkanes) is 5. The zero-order valence-corrected chi connectivity index (χ0v) is 13.3. The number of aliphatic carboxylic acids is 1. The molecule has 1 unspecified atom stereocenters. The summed E-state index contributed by atoms with van der Waals surface area (Å²) < 4.78 is 5.71. The standard InChI is InChI=1S/C15H31NO4/c1-4-5-6-7-8-9-10-20-13-14(17)11-16(2,3)12-15(18)19/h14,17H,4-13H2,1-3H3/p+1. The SMILES string of the molecule is CCCCCCCCOCC(O)C[N+](C)(C)CC(=O)O. The molecule has 20 heavy (non-hydrogen) atoms. The molecule has 2 N–H and O–H groups in total. The van der Waals surface area contributed by atoms with E-state index in [1.165, 1.54) is 32.1 Å². The highest BCUT2D eigenvalue weighted by Gasteiger charge is 2.23. The number of likely N-dealkylation sites (N-methyl/N-ethyl adjacent to an activating group) is 1. The van der Waals surface area contributed by atoms with E-state index < -0.39 is 12.1 Å². The highest BCUT2D eigenvalue weighted by molar-refractivity contribution is 5.67. The molecular weight excluding hydrogens is 258 g/mol. The van der Waals surface area contributed by atoms with Gasteiger partial charge in [0.05, 0.1) is 20.7 Å². The summed E-state index contributed by atoms with van der Waals surface area (Å²) in [5.41, 5.74) is 0. The van der Waals surface area contributed by atoms with Gasteiger partial charge in [-0.25, -0.2) is 4.79 Å². The van der Waals surface area contributed by atoms with E-state index in [2.05, 4.69) is 6.92 Å². The van der Waals surface area contributed by atoms with Crippen LogP contribution in [-0.2, 0) is 9.53 Å². The van der Waals surface area contributed by atoms with Crippen molar-refractivity contribution in [1.82, 2.24) is 0 Å². The maximum absolute atomic E-state index is 10.7. The number of hydrogen-bond acceptors (Lipinski definition) is 3. The van der Waals surface area contributed by atoms with E-state index in [0.29, 0.717) is 13.2 Å². The molecule has 0 heterocycles. The van der Waals surface area contributed by atoms with E-state index in [1.54, 1.807) is 14.1 Å². The first-order valence-electron chi connectivity index (χ1n) is 7.67. The molecule has 0 saturated carbocycles. The summed E-state index contributed by atoms with van der Waals surface area (Å²) in [5, 5.41) is 18.6. The Hall–Kier alpha value is -0.650. The first kappa shape index (κ1) is 19.4. The van der Waals surface area contributed by atoms with Gasteiger partial charge in [-0.3, -0.25) is 0 Å². The molecule has 5 heteroatoms. The Morgan fingerprint density at radius 1 is 1.15 bits per heavy atom. The minimum atomic E-state index is -0.852. The zero-order valence-electron chi connectivity index (χ0n) is 13.3. The van der Waals surface area contributed by atoms with Crippen LogP contribution in [-0.4, -0.2) is 67.2 Å². The fourth-order valence-corrected chi connectivity index (χ4v) is 2.26. The average Bonchev–Trinajstić information content (AvgIpc) is 2.30. The fourth-order valence-electron chi connectivity index (χ4n) is 2.26. The van der Waals surface area contributed by atoms with E-state index in [9.17, 15) is 9.90 Å². The van der Waals surface area contributed by atoms with Crippen molar-refractivity contribution in [2.45, 2.75) is 51.6 Å². The zero-order chi connectivity index (χ0) is 15.4. The van der Waals surface area contributed by atoms with E-state index in [-0.39, 0.29) is 17.6 Å². The highest BCUT2D eigenvalue weighted by atomic mass is 16.5. The molecule has 0 aliphatic heterocycles. The van der Waals surface area contributed by atoms with Gasteiger partial charge in [-0.05, 0) is 6.42 Å². The van der Waals surface area contributed by atoms with Gasteiger partial charge < -0.3 is 19.4 Å². The summed E-state index contributed by atoms with van der Waals surface area (Å²) in [6.07, 6.45) is 6.70. The summed E-state index contributed by atoms with van der Waals surface area (Å²) >= 11 is 0. The van der Waals surface area contributed by atoms with Gasteiger partial charge in [-0.2, -0.15) is 0 Å². The minimum absolute atomic E-state index is 0.00842. The Morgan fingerprint density at radius 3 is 2.35 bits per heavy atom. The van der Waals surface area contributed by atoms with Gasteiger partial charge in [0.2, 0.25) is 0 Å². The molecule has 0 rings (SSSR count). The predicted molar refractivity (Wildman–Crippen MR) is 79.7 cm³/mol. The van der Waals surface area contributed by atoms with Crippen LogP contribution in [0.1, 0.15) is 45.4 Å². The molecule has 1 atom stereocenters. The number of aliphatic hydroxyl groups excluding tert-OH is 1. The molecule has 0 aromatic carbocycles. The Labute approximate surface area is 123 Å². The van der Waals surface area contributed by atoms with Crippen LogP contribution in [0, 0.1) is 0 Å². The van der Waals surface area contributed by atoms with Crippen molar-refractivity contribution in [3.8, 4) is 0 Å². The van der Waals surface area contributed by atoms with Crippen LogP contribution in [0.2, 0.25) is 0 Å². The molecule has 0 radical (unpaired) electrons. The van der Waals surface area contributed by atoms with Gasteiger partial charge in [0, 0.05) is 6.61 Å². The summed E-state index contributed by atoms with van der Waals surface area (Å²) in [6.45, 7) is 3.57. The largest absolute Gasteiger partial charge is 0.477 e. The van der Waals surface area contributed by atoms with Crippen molar-refractivity contribution >= 4 is 5.97 Å². The Morgan fingerprint density at radius 2 is 1.75 bits per heavy atom. The van der Waals surface area contributed by atoms with Crippen LogP contribution in [0.15, 0.2) is 0 Å². The van der Waals surface area contributed by atoms with Crippen molar-refractivity contribution in [2.75, 3.05) is 40.4 Å². The van der Waals surface area contributed by atoms with Crippen LogP contribution in [0.4, 0.5) is 0 Å². The molecule has 0 amide bonds. The highest BCUT2D eigenvalue weighted by Crippen LogP contribution is 2.05.